The Bertz CT molecular complexity index is 700. The molecule has 0 atom stereocenters. The van der Waals surface area contributed by atoms with Crippen LogP contribution in [0.15, 0.2) is 52.3 Å². The lowest BCUT2D eigenvalue weighted by Crippen LogP contribution is -2.00. The number of nitro groups is 1. The molecule has 7 heteroatoms. The molecule has 0 saturated carbocycles. The van der Waals surface area contributed by atoms with E-state index in [4.69, 9.17) is 4.74 Å². The molecular weight excluding hydrogens is 306 g/mol. The summed E-state index contributed by atoms with van der Waals surface area (Å²) in [5.74, 6) is -0.188. The number of benzene rings is 2. The van der Waals surface area contributed by atoms with Crippen LogP contribution < -0.4 is 4.74 Å². The number of ether oxygens (including phenoxy) is 2. The lowest BCUT2D eigenvalue weighted by Gasteiger charge is -2.05. The molecule has 0 aliphatic heterocycles. The maximum Gasteiger partial charge on any atom is 0.337 e. The summed E-state index contributed by atoms with van der Waals surface area (Å²) in [5.41, 5.74) is 0.367. The molecule has 0 spiro atoms. The van der Waals surface area contributed by atoms with Crippen molar-refractivity contribution in [3.05, 3.63) is 58.1 Å². The van der Waals surface area contributed by atoms with Crippen molar-refractivity contribution in [3.8, 4) is 5.75 Å². The Hall–Kier alpha value is -2.54. The first kappa shape index (κ1) is 15.8. The summed E-state index contributed by atoms with van der Waals surface area (Å²) in [6.07, 6.45) is 0. The Morgan fingerprint density at radius 1 is 1.09 bits per heavy atom. The number of nitrogens with zero attached hydrogens (tertiary/aromatic N) is 1. The van der Waals surface area contributed by atoms with Crippen LogP contribution in [0.4, 0.5) is 5.69 Å². The zero-order chi connectivity index (χ0) is 16.1. The summed E-state index contributed by atoms with van der Waals surface area (Å²) in [6, 6.07) is 11.6. The molecular formula is C15H13NO5S. The van der Waals surface area contributed by atoms with Crippen LogP contribution in [-0.2, 0) is 4.74 Å². The molecule has 0 bridgehead atoms. The van der Waals surface area contributed by atoms with Gasteiger partial charge in [-0.05, 0) is 36.4 Å². The Kier molecular flexibility index (Phi) is 5.00. The smallest absolute Gasteiger partial charge is 0.337 e. The molecule has 0 aromatic heterocycles. The highest BCUT2D eigenvalue weighted by atomic mass is 32.2. The van der Waals surface area contributed by atoms with Crippen LogP contribution in [0.25, 0.3) is 0 Å². The summed E-state index contributed by atoms with van der Waals surface area (Å²) in [5, 5.41) is 11.0. The number of hydrogen-bond donors (Lipinski definition) is 0. The van der Waals surface area contributed by atoms with Crippen molar-refractivity contribution >= 4 is 23.4 Å². The van der Waals surface area contributed by atoms with Gasteiger partial charge in [-0.15, -0.1) is 0 Å². The van der Waals surface area contributed by atoms with E-state index in [2.05, 4.69) is 4.74 Å². The van der Waals surface area contributed by atoms with Crippen molar-refractivity contribution < 1.29 is 19.2 Å². The largest absolute Gasteiger partial charge is 0.490 e. The molecule has 0 aliphatic rings. The summed E-state index contributed by atoms with van der Waals surface area (Å²) >= 11 is 1.35. The highest BCUT2D eigenvalue weighted by molar-refractivity contribution is 7.99. The van der Waals surface area contributed by atoms with Gasteiger partial charge in [-0.2, -0.15) is 0 Å². The lowest BCUT2D eigenvalue weighted by molar-refractivity contribution is -0.386. The molecule has 2 aromatic carbocycles. The molecule has 0 radical (unpaired) electrons. The van der Waals surface area contributed by atoms with Gasteiger partial charge < -0.3 is 9.47 Å². The van der Waals surface area contributed by atoms with E-state index in [1.165, 1.54) is 32.0 Å². The Labute approximate surface area is 131 Å². The Morgan fingerprint density at radius 3 is 2.27 bits per heavy atom. The third-order valence-corrected chi connectivity index (χ3v) is 3.86. The van der Waals surface area contributed by atoms with Crippen molar-refractivity contribution in [2.24, 2.45) is 0 Å². The van der Waals surface area contributed by atoms with E-state index in [0.717, 1.165) is 4.90 Å². The van der Waals surface area contributed by atoms with E-state index in [1.807, 2.05) is 0 Å². The first-order valence-electron chi connectivity index (χ1n) is 6.24. The predicted octanol–water partition coefficient (Wildman–Crippen LogP) is 3.54. The van der Waals surface area contributed by atoms with Gasteiger partial charge in [-0.1, -0.05) is 11.8 Å². The number of carbonyl (C=O) groups is 1. The predicted molar refractivity (Wildman–Crippen MR) is 81.6 cm³/mol. The fourth-order valence-electron chi connectivity index (χ4n) is 1.79. The van der Waals surface area contributed by atoms with Crippen molar-refractivity contribution in [2.75, 3.05) is 14.2 Å². The van der Waals surface area contributed by atoms with E-state index in [9.17, 15) is 14.9 Å². The number of hydrogen-bond acceptors (Lipinski definition) is 6. The van der Waals surface area contributed by atoms with Gasteiger partial charge in [0.25, 0.3) is 0 Å². The third-order valence-electron chi connectivity index (χ3n) is 2.86. The molecule has 0 unspecified atom stereocenters. The Balaban J connectivity index is 2.22. The second-order valence-electron chi connectivity index (χ2n) is 4.21. The van der Waals surface area contributed by atoms with Crippen LogP contribution in [0.1, 0.15) is 10.4 Å². The van der Waals surface area contributed by atoms with Gasteiger partial charge in [0.1, 0.15) is 0 Å². The van der Waals surface area contributed by atoms with Crippen LogP contribution in [0.3, 0.4) is 0 Å². The molecule has 6 nitrogen and oxygen atoms in total. The summed E-state index contributed by atoms with van der Waals surface area (Å²) in [7, 11) is 2.71. The fourth-order valence-corrected chi connectivity index (χ4v) is 2.64. The van der Waals surface area contributed by atoms with Gasteiger partial charge in [0.15, 0.2) is 5.75 Å². The van der Waals surface area contributed by atoms with E-state index >= 15 is 0 Å². The molecule has 0 heterocycles. The average Bonchev–Trinajstić information content (AvgIpc) is 2.54. The van der Waals surface area contributed by atoms with Crippen molar-refractivity contribution in [3.63, 3.8) is 0 Å². The number of nitro benzene ring substituents is 1. The fraction of sp³-hybridized carbons (Fsp3) is 0.133. The average molecular weight is 319 g/mol. The monoisotopic (exact) mass is 319 g/mol. The van der Waals surface area contributed by atoms with E-state index in [-0.39, 0.29) is 11.4 Å². The summed E-state index contributed by atoms with van der Waals surface area (Å²) in [6.45, 7) is 0. The van der Waals surface area contributed by atoms with E-state index < -0.39 is 10.9 Å². The minimum absolute atomic E-state index is 0.0846. The van der Waals surface area contributed by atoms with Crippen molar-refractivity contribution in [1.82, 2.24) is 0 Å². The molecule has 0 amide bonds. The second kappa shape index (κ2) is 6.95. The topological polar surface area (TPSA) is 78.7 Å². The SMILES string of the molecule is COC(=O)c1ccc(Sc2ccc(OC)c([N+](=O)[O-])c2)cc1. The molecule has 0 fully saturated rings. The summed E-state index contributed by atoms with van der Waals surface area (Å²) in [4.78, 5) is 23.4. The summed E-state index contributed by atoms with van der Waals surface area (Å²) < 4.78 is 9.59. The number of esters is 1. The van der Waals surface area contributed by atoms with Crippen LogP contribution in [0.2, 0.25) is 0 Å². The minimum Gasteiger partial charge on any atom is -0.490 e. The Morgan fingerprint density at radius 2 is 1.73 bits per heavy atom. The molecule has 0 saturated heterocycles. The molecule has 0 N–H and O–H groups in total. The standard InChI is InChI=1S/C15H13NO5S/c1-20-14-8-7-12(9-13(14)16(18)19)22-11-5-3-10(4-6-11)15(17)21-2/h3-9H,1-2H3. The molecule has 2 rings (SSSR count). The van der Waals surface area contributed by atoms with Crippen molar-refractivity contribution in [2.45, 2.75) is 9.79 Å². The molecule has 2 aromatic rings. The zero-order valence-electron chi connectivity index (χ0n) is 11.9. The number of methoxy groups -OCH3 is 2. The normalized spacial score (nSPS) is 10.1. The first-order valence-corrected chi connectivity index (χ1v) is 7.05. The van der Waals surface area contributed by atoms with Crippen LogP contribution in [0, 0.1) is 10.1 Å². The van der Waals surface area contributed by atoms with Crippen molar-refractivity contribution in [1.29, 1.82) is 0 Å². The second-order valence-corrected chi connectivity index (χ2v) is 5.36. The van der Waals surface area contributed by atoms with Crippen LogP contribution >= 0.6 is 11.8 Å². The van der Waals surface area contributed by atoms with Gasteiger partial charge in [0.2, 0.25) is 0 Å². The van der Waals surface area contributed by atoms with Gasteiger partial charge in [-0.25, -0.2) is 4.79 Å². The maximum atomic E-state index is 11.4. The highest BCUT2D eigenvalue weighted by Gasteiger charge is 2.15. The molecule has 0 aliphatic carbocycles. The van der Waals surface area contributed by atoms with Crippen LogP contribution in [-0.4, -0.2) is 25.1 Å². The van der Waals surface area contributed by atoms with Crippen LogP contribution in [0.5, 0.6) is 5.75 Å². The zero-order valence-corrected chi connectivity index (χ0v) is 12.8. The molecule has 114 valence electrons. The molecule has 22 heavy (non-hydrogen) atoms. The third kappa shape index (κ3) is 3.56. The minimum atomic E-state index is -0.483. The van der Waals surface area contributed by atoms with E-state index in [0.29, 0.717) is 10.5 Å². The van der Waals surface area contributed by atoms with Gasteiger partial charge in [0.05, 0.1) is 24.7 Å². The highest BCUT2D eigenvalue weighted by Crippen LogP contribution is 2.35. The number of rotatable bonds is 5. The van der Waals surface area contributed by atoms with Gasteiger partial charge in [0, 0.05) is 15.9 Å². The quantitative estimate of drug-likeness (QED) is 0.476. The lowest BCUT2D eigenvalue weighted by atomic mass is 10.2. The van der Waals surface area contributed by atoms with Gasteiger partial charge in [-0.3, -0.25) is 10.1 Å². The number of carbonyl (C=O) groups excluding carboxylic acids is 1. The van der Waals surface area contributed by atoms with E-state index in [1.54, 1.807) is 36.4 Å². The maximum absolute atomic E-state index is 11.4. The van der Waals surface area contributed by atoms with Gasteiger partial charge >= 0.3 is 11.7 Å². The first-order chi connectivity index (χ1) is 10.5.